The van der Waals surface area contributed by atoms with Gasteiger partial charge in [0.2, 0.25) is 0 Å². The van der Waals surface area contributed by atoms with Crippen molar-refractivity contribution < 1.29 is 17.9 Å². The number of sulfone groups is 1. The molecular formula is C12H19N3O4S. The van der Waals surface area contributed by atoms with Crippen molar-refractivity contribution in [3.8, 4) is 0 Å². The van der Waals surface area contributed by atoms with E-state index in [0.29, 0.717) is 25.1 Å². The second-order valence-electron chi connectivity index (χ2n) is 5.17. The number of hydrogen-bond donors (Lipinski definition) is 1. The molecule has 0 bridgehead atoms. The van der Waals surface area contributed by atoms with E-state index < -0.39 is 21.1 Å². The fourth-order valence-corrected chi connectivity index (χ4v) is 3.58. The van der Waals surface area contributed by atoms with Crippen LogP contribution in [0.5, 0.6) is 0 Å². The van der Waals surface area contributed by atoms with Crippen LogP contribution in [0.2, 0.25) is 0 Å². The Labute approximate surface area is 118 Å². The lowest BCUT2D eigenvalue weighted by Crippen LogP contribution is -2.33. The molecule has 0 aliphatic heterocycles. The van der Waals surface area contributed by atoms with Gasteiger partial charge in [0, 0.05) is 18.9 Å². The number of aromatic nitrogens is 2. The van der Waals surface area contributed by atoms with E-state index in [0.717, 1.165) is 6.42 Å². The van der Waals surface area contributed by atoms with E-state index in [2.05, 4.69) is 5.10 Å². The molecule has 8 heteroatoms. The Bertz CT molecular complexity index is 581. The lowest BCUT2D eigenvalue weighted by Gasteiger charge is -2.27. The van der Waals surface area contributed by atoms with Crippen LogP contribution in [0, 0.1) is 0 Å². The van der Waals surface area contributed by atoms with Gasteiger partial charge in [0.05, 0.1) is 5.25 Å². The van der Waals surface area contributed by atoms with Crippen LogP contribution < -0.4 is 5.73 Å². The van der Waals surface area contributed by atoms with Crippen molar-refractivity contribution in [2.24, 2.45) is 0 Å². The second kappa shape index (κ2) is 5.82. The van der Waals surface area contributed by atoms with Gasteiger partial charge in [0.1, 0.15) is 28.3 Å². The fraction of sp³-hybridized carbons (Fsp3) is 0.667. The largest absolute Gasteiger partial charge is 0.461 e. The maximum absolute atomic E-state index is 11.8. The van der Waals surface area contributed by atoms with E-state index in [-0.39, 0.29) is 12.6 Å². The molecule has 20 heavy (non-hydrogen) atoms. The number of rotatable bonds is 4. The van der Waals surface area contributed by atoms with Gasteiger partial charge in [0.25, 0.3) is 0 Å². The third kappa shape index (κ3) is 3.96. The number of carbonyl (C=O) groups excluding carboxylic acids is 1. The topological polar surface area (TPSA) is 104 Å². The van der Waals surface area contributed by atoms with Crippen molar-refractivity contribution in [3.63, 3.8) is 0 Å². The van der Waals surface area contributed by atoms with Gasteiger partial charge < -0.3 is 10.5 Å². The zero-order valence-electron chi connectivity index (χ0n) is 11.4. The van der Waals surface area contributed by atoms with Crippen molar-refractivity contribution in [1.82, 2.24) is 9.78 Å². The van der Waals surface area contributed by atoms with Crippen LogP contribution in [0.4, 0.5) is 5.82 Å². The van der Waals surface area contributed by atoms with Crippen molar-refractivity contribution in [3.05, 3.63) is 12.3 Å². The van der Waals surface area contributed by atoms with Crippen LogP contribution in [0.15, 0.2) is 12.3 Å². The van der Waals surface area contributed by atoms with Crippen LogP contribution in [-0.4, -0.2) is 41.8 Å². The molecule has 0 saturated heterocycles. The predicted molar refractivity (Wildman–Crippen MR) is 73.6 cm³/mol. The Morgan fingerprint density at radius 3 is 2.90 bits per heavy atom. The molecule has 1 heterocycles. The van der Waals surface area contributed by atoms with Gasteiger partial charge in [-0.05, 0) is 25.3 Å². The molecule has 1 aromatic rings. The zero-order valence-corrected chi connectivity index (χ0v) is 12.2. The van der Waals surface area contributed by atoms with Crippen LogP contribution in [0.25, 0.3) is 0 Å². The smallest absolute Gasteiger partial charge is 0.328 e. The molecule has 2 unspecified atom stereocenters. The van der Waals surface area contributed by atoms with Crippen LogP contribution >= 0.6 is 0 Å². The molecule has 1 fully saturated rings. The maximum Gasteiger partial charge on any atom is 0.328 e. The highest BCUT2D eigenvalue weighted by molar-refractivity contribution is 7.91. The SMILES string of the molecule is CS(=O)(=O)C1CCCC(OC(=O)Cn2ccc(N)n2)C1. The van der Waals surface area contributed by atoms with Crippen LogP contribution in [0.1, 0.15) is 25.7 Å². The van der Waals surface area contributed by atoms with E-state index >= 15 is 0 Å². The van der Waals surface area contributed by atoms with Gasteiger partial charge in [-0.1, -0.05) is 0 Å². The summed E-state index contributed by atoms with van der Waals surface area (Å²) in [6.45, 7) is -0.0166. The van der Waals surface area contributed by atoms with E-state index in [4.69, 9.17) is 10.5 Å². The average Bonchev–Trinajstić information content (AvgIpc) is 2.73. The lowest BCUT2D eigenvalue weighted by molar-refractivity contribution is -0.151. The van der Waals surface area contributed by atoms with Crippen molar-refractivity contribution in [1.29, 1.82) is 0 Å². The molecule has 0 radical (unpaired) electrons. The first-order chi connectivity index (χ1) is 9.34. The highest BCUT2D eigenvalue weighted by Crippen LogP contribution is 2.26. The number of nitrogen functional groups attached to an aromatic ring is 1. The molecule has 7 nitrogen and oxygen atoms in total. The molecule has 0 aromatic carbocycles. The number of hydrogen-bond acceptors (Lipinski definition) is 6. The molecule has 112 valence electrons. The van der Waals surface area contributed by atoms with Gasteiger partial charge in [0.15, 0.2) is 0 Å². The summed E-state index contributed by atoms with van der Waals surface area (Å²) in [7, 11) is -3.08. The number of nitrogens with two attached hydrogens (primary N) is 1. The number of anilines is 1. The molecule has 2 rings (SSSR count). The van der Waals surface area contributed by atoms with Crippen molar-refractivity contribution >= 4 is 21.6 Å². The van der Waals surface area contributed by atoms with Crippen LogP contribution in [0.3, 0.4) is 0 Å². The Morgan fingerprint density at radius 2 is 2.30 bits per heavy atom. The zero-order chi connectivity index (χ0) is 14.8. The first-order valence-corrected chi connectivity index (χ1v) is 8.47. The minimum atomic E-state index is -3.08. The minimum absolute atomic E-state index is 0.0166. The molecular weight excluding hydrogens is 282 g/mol. The number of nitrogens with zero attached hydrogens (tertiary/aromatic N) is 2. The highest BCUT2D eigenvalue weighted by Gasteiger charge is 2.30. The quantitative estimate of drug-likeness (QED) is 0.805. The average molecular weight is 301 g/mol. The number of ether oxygens (including phenoxy) is 1. The molecule has 2 N–H and O–H groups in total. The third-order valence-electron chi connectivity index (χ3n) is 3.43. The fourth-order valence-electron chi connectivity index (χ4n) is 2.42. The Hall–Kier alpha value is -1.57. The van der Waals surface area contributed by atoms with E-state index in [9.17, 15) is 13.2 Å². The Balaban J connectivity index is 1.88. The summed E-state index contributed by atoms with van der Waals surface area (Å²) in [4.78, 5) is 11.8. The summed E-state index contributed by atoms with van der Waals surface area (Å²) in [6.07, 6.45) is 4.98. The standard InChI is InChI=1S/C12H19N3O4S/c1-20(17,18)10-4-2-3-9(7-10)19-12(16)8-15-6-5-11(13)14-15/h5-6,9-10H,2-4,7-8H2,1H3,(H2,13,14). The van der Waals surface area contributed by atoms with Gasteiger partial charge in [-0.15, -0.1) is 0 Å². The first-order valence-electron chi connectivity index (χ1n) is 6.52. The van der Waals surface area contributed by atoms with Gasteiger partial charge >= 0.3 is 5.97 Å². The van der Waals surface area contributed by atoms with E-state index in [1.165, 1.54) is 10.9 Å². The summed E-state index contributed by atoms with van der Waals surface area (Å²) in [6, 6.07) is 1.59. The lowest BCUT2D eigenvalue weighted by atomic mass is 9.97. The normalized spacial score (nSPS) is 23.4. The van der Waals surface area contributed by atoms with E-state index in [1.54, 1.807) is 12.3 Å². The third-order valence-corrected chi connectivity index (χ3v) is 5.07. The van der Waals surface area contributed by atoms with Crippen molar-refractivity contribution in [2.75, 3.05) is 12.0 Å². The van der Waals surface area contributed by atoms with Crippen LogP contribution in [-0.2, 0) is 25.9 Å². The second-order valence-corrected chi connectivity index (χ2v) is 7.49. The van der Waals surface area contributed by atoms with Crippen molar-refractivity contribution in [2.45, 2.75) is 43.6 Å². The van der Waals surface area contributed by atoms with Gasteiger partial charge in [-0.25, -0.2) is 8.42 Å². The molecule has 1 aromatic heterocycles. The van der Waals surface area contributed by atoms with Gasteiger partial charge in [-0.2, -0.15) is 5.10 Å². The first kappa shape index (κ1) is 14.8. The molecule has 1 aliphatic carbocycles. The molecule has 0 amide bonds. The summed E-state index contributed by atoms with van der Waals surface area (Å²) in [5.41, 5.74) is 5.45. The summed E-state index contributed by atoms with van der Waals surface area (Å²) in [5.74, 6) is -0.0835. The predicted octanol–water partition coefficient (Wildman–Crippen LogP) is 0.364. The monoisotopic (exact) mass is 301 g/mol. The minimum Gasteiger partial charge on any atom is -0.461 e. The van der Waals surface area contributed by atoms with Gasteiger partial charge in [-0.3, -0.25) is 9.48 Å². The molecule has 1 aliphatic rings. The molecule has 0 spiro atoms. The summed E-state index contributed by atoms with van der Waals surface area (Å²) in [5, 5.41) is 3.49. The summed E-state index contributed by atoms with van der Waals surface area (Å²) < 4.78 is 29.8. The highest BCUT2D eigenvalue weighted by atomic mass is 32.2. The van der Waals surface area contributed by atoms with E-state index in [1.807, 2.05) is 0 Å². The number of carbonyl (C=O) groups is 1. The Kier molecular flexibility index (Phi) is 4.32. The molecule has 2 atom stereocenters. The summed E-state index contributed by atoms with van der Waals surface area (Å²) >= 11 is 0. The Morgan fingerprint density at radius 1 is 1.55 bits per heavy atom. The number of esters is 1. The molecule has 1 saturated carbocycles. The maximum atomic E-state index is 11.8.